The van der Waals surface area contributed by atoms with Crippen molar-refractivity contribution in [2.75, 3.05) is 20.1 Å². The van der Waals surface area contributed by atoms with Gasteiger partial charge in [-0.3, -0.25) is 14.6 Å². The van der Waals surface area contributed by atoms with Gasteiger partial charge in [0, 0.05) is 62.8 Å². The first-order valence-electron chi connectivity index (χ1n) is 17.6. The average molecular weight is 680 g/mol. The number of rotatable bonds is 18. The summed E-state index contributed by atoms with van der Waals surface area (Å²) in [6, 6.07) is 30.4. The van der Waals surface area contributed by atoms with Crippen LogP contribution < -0.4 is 5.32 Å². The summed E-state index contributed by atoms with van der Waals surface area (Å²) in [6.07, 6.45) is 6.39. The van der Waals surface area contributed by atoms with E-state index < -0.39 is 12.3 Å². The number of carbonyl (C=O) groups excluding carboxylic acids is 1. The number of carboxylic acids is 1. The van der Waals surface area contributed by atoms with E-state index in [0.29, 0.717) is 19.4 Å². The largest absolute Gasteiger partial charge is 0.481 e. The maximum atomic E-state index is 12.4. The van der Waals surface area contributed by atoms with E-state index in [4.69, 9.17) is 14.6 Å². The van der Waals surface area contributed by atoms with Gasteiger partial charge in [-0.25, -0.2) is 0 Å². The summed E-state index contributed by atoms with van der Waals surface area (Å²) in [6.45, 7) is 2.08. The summed E-state index contributed by atoms with van der Waals surface area (Å²) < 4.78 is 13.2. The summed E-state index contributed by atoms with van der Waals surface area (Å²) in [4.78, 5) is 29.8. The Balaban J connectivity index is 1.19. The third kappa shape index (κ3) is 11.6. The molecule has 9 heteroatoms. The molecule has 2 heterocycles. The van der Waals surface area contributed by atoms with Crippen LogP contribution in [0.2, 0.25) is 0 Å². The highest BCUT2D eigenvalue weighted by molar-refractivity contribution is 5.76. The molecule has 1 aliphatic rings. The molecule has 0 unspecified atom stereocenters. The number of unbranched alkanes of at least 4 members (excludes halogenated alkanes) is 3. The van der Waals surface area contributed by atoms with Gasteiger partial charge in [-0.1, -0.05) is 85.6 Å². The third-order valence-corrected chi connectivity index (χ3v) is 9.08. The number of amides is 1. The van der Waals surface area contributed by atoms with Gasteiger partial charge < -0.3 is 29.9 Å². The van der Waals surface area contributed by atoms with Gasteiger partial charge in [-0.05, 0) is 65.9 Å². The molecular weight excluding hydrogens is 630 g/mol. The number of aliphatic carboxylic acids is 1. The third-order valence-electron chi connectivity index (χ3n) is 9.08. The molecule has 1 amide bonds. The molecule has 0 radical (unpaired) electrons. The topological polar surface area (TPSA) is 121 Å². The van der Waals surface area contributed by atoms with Crippen LogP contribution in [0, 0.1) is 0 Å². The van der Waals surface area contributed by atoms with Crippen LogP contribution in [0.15, 0.2) is 97.2 Å². The van der Waals surface area contributed by atoms with E-state index in [2.05, 4.69) is 64.7 Å². The molecule has 9 nitrogen and oxygen atoms in total. The Bertz CT molecular complexity index is 1630. The quantitative estimate of drug-likeness (QED) is 0.0962. The molecule has 0 bridgehead atoms. The minimum Gasteiger partial charge on any atom is -0.481 e. The minimum atomic E-state index is -0.773. The standard InChI is InChI=1S/C41H49N3O6/c1-44(24-22-36-11-6-7-23-42-36)28-37-26-38(33-16-14-30(29-45)15-17-33)50-41(49-37)34-20-18-32(19-21-34)35-10-8-9-31(25-35)27-43-39(46)12-4-2-3-5-13-40(47)48/h6-11,14-21,23,25,37-38,41,45H,2-5,12-13,22,24,26-29H2,1H3,(H,43,46)(H,47,48)/t37-,38+,41+/m1/s1. The maximum absolute atomic E-state index is 12.4. The number of aliphatic hydroxyl groups is 1. The number of pyridine rings is 1. The Morgan fingerprint density at radius 1 is 0.840 bits per heavy atom. The van der Waals surface area contributed by atoms with Crippen molar-refractivity contribution in [3.8, 4) is 11.1 Å². The molecule has 264 valence electrons. The highest BCUT2D eigenvalue weighted by atomic mass is 16.7. The SMILES string of the molecule is CN(CCc1ccccn1)C[C@H]1C[C@@H](c2ccc(CO)cc2)O[C@@H](c2ccc(-c3cccc(CNC(=O)CCCCCCC(=O)O)c3)cc2)O1. The van der Waals surface area contributed by atoms with Crippen LogP contribution in [0.25, 0.3) is 11.1 Å². The number of aliphatic hydroxyl groups excluding tert-OH is 1. The lowest BCUT2D eigenvalue weighted by Gasteiger charge is -2.38. The summed E-state index contributed by atoms with van der Waals surface area (Å²) >= 11 is 0. The van der Waals surface area contributed by atoms with Crippen molar-refractivity contribution in [3.05, 3.63) is 125 Å². The zero-order valence-corrected chi connectivity index (χ0v) is 28.9. The van der Waals surface area contributed by atoms with Gasteiger partial charge in [0.05, 0.1) is 18.8 Å². The highest BCUT2D eigenvalue weighted by Gasteiger charge is 2.32. The number of nitrogens with one attached hydrogen (secondary N) is 1. The number of carboxylic acid groups (broad SMARTS) is 1. The molecule has 0 saturated carbocycles. The number of nitrogens with zero attached hydrogens (tertiary/aromatic N) is 2. The first-order valence-corrected chi connectivity index (χ1v) is 17.6. The van der Waals surface area contributed by atoms with Crippen molar-refractivity contribution >= 4 is 11.9 Å². The minimum absolute atomic E-state index is 0.00391. The zero-order chi connectivity index (χ0) is 35.1. The second-order valence-corrected chi connectivity index (χ2v) is 13.1. The second kappa shape index (κ2) is 19.1. The number of ether oxygens (including phenoxy) is 2. The molecule has 1 aromatic heterocycles. The molecule has 0 spiro atoms. The normalized spacial score (nSPS) is 17.5. The van der Waals surface area contributed by atoms with Crippen LogP contribution in [-0.4, -0.2) is 58.2 Å². The molecular formula is C41H49N3O6. The van der Waals surface area contributed by atoms with Gasteiger partial charge in [-0.15, -0.1) is 0 Å². The number of carbonyl (C=O) groups is 2. The van der Waals surface area contributed by atoms with Crippen molar-refractivity contribution in [1.82, 2.24) is 15.2 Å². The van der Waals surface area contributed by atoms with E-state index in [-0.39, 0.29) is 31.1 Å². The van der Waals surface area contributed by atoms with Gasteiger partial charge in [0.2, 0.25) is 5.91 Å². The van der Waals surface area contributed by atoms with Gasteiger partial charge >= 0.3 is 5.97 Å². The summed E-state index contributed by atoms with van der Waals surface area (Å²) in [5.74, 6) is -0.768. The Morgan fingerprint density at radius 2 is 1.60 bits per heavy atom. The molecule has 3 aromatic carbocycles. The Hall–Kier alpha value is -4.41. The van der Waals surface area contributed by atoms with Crippen LogP contribution in [0.1, 0.15) is 85.3 Å². The van der Waals surface area contributed by atoms with Crippen molar-refractivity contribution in [1.29, 1.82) is 0 Å². The Morgan fingerprint density at radius 3 is 2.32 bits per heavy atom. The van der Waals surface area contributed by atoms with Crippen LogP contribution in [0.3, 0.4) is 0 Å². The van der Waals surface area contributed by atoms with E-state index in [1.807, 2.05) is 54.7 Å². The lowest BCUT2D eigenvalue weighted by Crippen LogP contribution is -2.38. The predicted molar refractivity (Wildman–Crippen MR) is 193 cm³/mol. The molecule has 1 saturated heterocycles. The predicted octanol–water partition coefficient (Wildman–Crippen LogP) is 7.00. The highest BCUT2D eigenvalue weighted by Crippen LogP contribution is 2.38. The summed E-state index contributed by atoms with van der Waals surface area (Å²) in [7, 11) is 2.11. The Kier molecular flexibility index (Phi) is 14.1. The molecule has 3 atom stereocenters. The zero-order valence-electron chi connectivity index (χ0n) is 28.9. The fourth-order valence-corrected chi connectivity index (χ4v) is 6.22. The second-order valence-electron chi connectivity index (χ2n) is 13.1. The van der Waals surface area contributed by atoms with E-state index in [1.54, 1.807) is 0 Å². The van der Waals surface area contributed by atoms with Gasteiger partial charge in [-0.2, -0.15) is 0 Å². The van der Waals surface area contributed by atoms with E-state index >= 15 is 0 Å². The molecule has 1 aliphatic heterocycles. The van der Waals surface area contributed by atoms with Crippen molar-refractivity contribution < 1.29 is 29.3 Å². The lowest BCUT2D eigenvalue weighted by atomic mass is 9.99. The lowest BCUT2D eigenvalue weighted by molar-refractivity contribution is -0.252. The fraction of sp³-hybridized carbons (Fsp3) is 0.390. The number of hydrogen-bond donors (Lipinski definition) is 3. The van der Waals surface area contributed by atoms with Crippen molar-refractivity contribution in [3.63, 3.8) is 0 Å². The smallest absolute Gasteiger partial charge is 0.303 e. The molecule has 50 heavy (non-hydrogen) atoms. The van der Waals surface area contributed by atoms with Crippen LogP contribution in [-0.2, 0) is 38.6 Å². The molecule has 5 rings (SSSR count). The van der Waals surface area contributed by atoms with Crippen LogP contribution in [0.4, 0.5) is 0 Å². The summed E-state index contributed by atoms with van der Waals surface area (Å²) in [5, 5.41) is 21.3. The van der Waals surface area contributed by atoms with Gasteiger partial charge in [0.25, 0.3) is 0 Å². The molecule has 0 aliphatic carbocycles. The van der Waals surface area contributed by atoms with Crippen molar-refractivity contribution in [2.24, 2.45) is 0 Å². The van der Waals surface area contributed by atoms with E-state index in [0.717, 1.165) is 84.3 Å². The van der Waals surface area contributed by atoms with Crippen molar-refractivity contribution in [2.45, 2.75) is 83.0 Å². The molecule has 4 aromatic rings. The van der Waals surface area contributed by atoms with E-state index in [9.17, 15) is 14.7 Å². The first-order chi connectivity index (χ1) is 24.4. The number of aromatic nitrogens is 1. The Labute approximate surface area is 295 Å². The van der Waals surface area contributed by atoms with Crippen LogP contribution >= 0.6 is 0 Å². The monoisotopic (exact) mass is 679 g/mol. The van der Waals surface area contributed by atoms with Gasteiger partial charge in [0.1, 0.15) is 0 Å². The number of benzene rings is 3. The van der Waals surface area contributed by atoms with Crippen LogP contribution in [0.5, 0.6) is 0 Å². The fourth-order valence-electron chi connectivity index (χ4n) is 6.22. The van der Waals surface area contributed by atoms with Gasteiger partial charge in [0.15, 0.2) is 6.29 Å². The number of likely N-dealkylation sites (N-methyl/N-ethyl adjacent to an activating group) is 1. The molecule has 3 N–H and O–H groups in total. The number of hydrogen-bond acceptors (Lipinski definition) is 7. The molecule has 1 fully saturated rings. The van der Waals surface area contributed by atoms with E-state index in [1.165, 1.54) is 0 Å². The summed E-state index contributed by atoms with van der Waals surface area (Å²) in [5.41, 5.74) is 7.08. The first kappa shape index (κ1) is 36.9. The maximum Gasteiger partial charge on any atom is 0.303 e. The average Bonchev–Trinajstić information content (AvgIpc) is 3.15.